The molecule has 0 spiro atoms. The fraction of sp³-hybridized carbons (Fsp3) is 0.333. The van der Waals surface area contributed by atoms with Crippen molar-refractivity contribution in [2.45, 2.75) is 32.1 Å². The van der Waals surface area contributed by atoms with Gasteiger partial charge in [0.15, 0.2) is 0 Å². The molecule has 2 aromatic heterocycles. The van der Waals surface area contributed by atoms with E-state index in [1.165, 1.54) is 9.71 Å². The predicted octanol–water partition coefficient (Wildman–Crippen LogP) is 4.07. The third-order valence-electron chi connectivity index (χ3n) is 6.01. The van der Waals surface area contributed by atoms with E-state index in [2.05, 4.69) is 28.5 Å². The zero-order chi connectivity index (χ0) is 21.2. The number of benzene rings is 1. The summed E-state index contributed by atoms with van der Waals surface area (Å²) in [5.41, 5.74) is 2.98. The highest BCUT2D eigenvalue weighted by Gasteiger charge is 2.23. The van der Waals surface area contributed by atoms with Gasteiger partial charge in [-0.2, -0.15) is 0 Å². The molecule has 2 aliphatic rings. The minimum absolute atomic E-state index is 0.00464. The first-order chi connectivity index (χ1) is 15.1. The maximum atomic E-state index is 12.6. The number of anilines is 1. The number of piperidine rings is 1. The summed E-state index contributed by atoms with van der Waals surface area (Å²) in [6.45, 7) is 1.57. The van der Waals surface area contributed by atoms with Crippen LogP contribution in [0.5, 0.6) is 0 Å². The number of aryl methyl sites for hydroxylation is 1. The van der Waals surface area contributed by atoms with E-state index in [-0.39, 0.29) is 11.8 Å². The summed E-state index contributed by atoms with van der Waals surface area (Å²) in [4.78, 5) is 35.1. The Morgan fingerprint density at radius 1 is 1.23 bits per heavy atom. The zero-order valence-electron chi connectivity index (χ0n) is 17.2. The third kappa shape index (κ3) is 4.51. The molecule has 0 aliphatic carbocycles. The van der Waals surface area contributed by atoms with Crippen LogP contribution in [0.4, 0.5) is 5.82 Å². The van der Waals surface area contributed by atoms with Crippen LogP contribution in [0, 0.1) is 5.92 Å². The number of thiazole rings is 1. The molecule has 5 rings (SSSR count). The van der Waals surface area contributed by atoms with Crippen molar-refractivity contribution in [2.75, 3.05) is 18.4 Å². The molecule has 3 aromatic rings. The van der Waals surface area contributed by atoms with Gasteiger partial charge < -0.3 is 10.2 Å². The van der Waals surface area contributed by atoms with Gasteiger partial charge in [0, 0.05) is 38.2 Å². The highest BCUT2D eigenvalue weighted by atomic mass is 32.1. The lowest BCUT2D eigenvalue weighted by molar-refractivity contribution is -0.127. The SMILES string of the molecule is O=C1CCc2cc(/C=C/C(=O)N3CCC(Cc4nc5ccccc5s4)CC3)cnc2N1. The smallest absolute Gasteiger partial charge is 0.246 e. The number of nitrogens with one attached hydrogen (secondary N) is 1. The molecule has 0 saturated carbocycles. The van der Waals surface area contributed by atoms with Crippen LogP contribution in [0.2, 0.25) is 0 Å². The number of nitrogens with zero attached hydrogens (tertiary/aromatic N) is 3. The monoisotopic (exact) mass is 432 g/mol. The van der Waals surface area contributed by atoms with E-state index >= 15 is 0 Å². The van der Waals surface area contributed by atoms with Crippen molar-refractivity contribution in [1.82, 2.24) is 14.9 Å². The Labute approximate surface area is 185 Å². The minimum Gasteiger partial charge on any atom is -0.339 e. The molecule has 158 valence electrons. The Morgan fingerprint density at radius 2 is 2.06 bits per heavy atom. The molecular formula is C24H24N4O2S. The molecule has 2 aliphatic heterocycles. The lowest BCUT2D eigenvalue weighted by atomic mass is 9.94. The van der Waals surface area contributed by atoms with Gasteiger partial charge in [0.2, 0.25) is 11.8 Å². The molecule has 0 bridgehead atoms. The van der Waals surface area contributed by atoms with Crippen LogP contribution in [-0.2, 0) is 22.4 Å². The Balaban J connectivity index is 1.15. The fourth-order valence-corrected chi connectivity index (χ4v) is 5.33. The first kappa shape index (κ1) is 19.9. The number of rotatable bonds is 4. The molecule has 1 fully saturated rings. The number of likely N-dealkylation sites (tertiary alicyclic amines) is 1. The van der Waals surface area contributed by atoms with E-state index in [4.69, 9.17) is 4.98 Å². The molecule has 6 nitrogen and oxygen atoms in total. The Bertz CT molecular complexity index is 1130. The number of aromatic nitrogens is 2. The number of fused-ring (bicyclic) bond motifs is 2. The highest BCUT2D eigenvalue weighted by molar-refractivity contribution is 7.18. The molecule has 7 heteroatoms. The largest absolute Gasteiger partial charge is 0.339 e. The Hall–Kier alpha value is -3.06. The zero-order valence-corrected chi connectivity index (χ0v) is 18.0. The summed E-state index contributed by atoms with van der Waals surface area (Å²) >= 11 is 1.78. The van der Waals surface area contributed by atoms with E-state index in [0.717, 1.165) is 49.0 Å². The quantitative estimate of drug-likeness (QED) is 0.631. The van der Waals surface area contributed by atoms with Gasteiger partial charge in [-0.25, -0.2) is 9.97 Å². The Kier molecular flexibility index (Phi) is 5.51. The van der Waals surface area contributed by atoms with Gasteiger partial charge in [-0.05, 0) is 60.6 Å². The minimum atomic E-state index is 0.00464. The molecule has 0 atom stereocenters. The second kappa shape index (κ2) is 8.59. The summed E-state index contributed by atoms with van der Waals surface area (Å²) in [7, 11) is 0. The van der Waals surface area contributed by atoms with Gasteiger partial charge in [0.25, 0.3) is 0 Å². The summed E-state index contributed by atoms with van der Waals surface area (Å²) in [6, 6.07) is 10.3. The van der Waals surface area contributed by atoms with Crippen LogP contribution in [0.1, 0.15) is 35.4 Å². The van der Waals surface area contributed by atoms with Gasteiger partial charge >= 0.3 is 0 Å². The molecule has 2 amide bonds. The second-order valence-electron chi connectivity index (χ2n) is 8.21. The van der Waals surface area contributed by atoms with Crippen molar-refractivity contribution in [3.05, 3.63) is 58.7 Å². The van der Waals surface area contributed by atoms with Crippen molar-refractivity contribution in [3.8, 4) is 0 Å². The van der Waals surface area contributed by atoms with Gasteiger partial charge in [-0.3, -0.25) is 9.59 Å². The summed E-state index contributed by atoms with van der Waals surface area (Å²) in [5, 5.41) is 3.98. The van der Waals surface area contributed by atoms with Crippen LogP contribution >= 0.6 is 11.3 Å². The second-order valence-corrected chi connectivity index (χ2v) is 9.32. The van der Waals surface area contributed by atoms with E-state index in [9.17, 15) is 9.59 Å². The molecular weight excluding hydrogens is 408 g/mol. The first-order valence-electron chi connectivity index (χ1n) is 10.7. The van der Waals surface area contributed by atoms with Crippen LogP contribution in [0.25, 0.3) is 16.3 Å². The first-order valence-corrected chi connectivity index (χ1v) is 11.6. The van der Waals surface area contributed by atoms with E-state index < -0.39 is 0 Å². The predicted molar refractivity (Wildman–Crippen MR) is 123 cm³/mol. The number of carbonyl (C=O) groups excluding carboxylic acids is 2. The van der Waals surface area contributed by atoms with Gasteiger partial charge in [-0.15, -0.1) is 11.3 Å². The lowest BCUT2D eigenvalue weighted by Gasteiger charge is -2.31. The van der Waals surface area contributed by atoms with E-state index in [1.807, 2.05) is 23.1 Å². The van der Waals surface area contributed by atoms with Gasteiger partial charge in [0.05, 0.1) is 15.2 Å². The van der Waals surface area contributed by atoms with E-state index in [0.29, 0.717) is 24.6 Å². The summed E-state index contributed by atoms with van der Waals surface area (Å²) in [6.07, 6.45) is 9.33. The number of carbonyl (C=O) groups is 2. The molecule has 4 heterocycles. The number of amides is 2. The lowest BCUT2D eigenvalue weighted by Crippen LogP contribution is -2.37. The molecule has 1 aromatic carbocycles. The Morgan fingerprint density at radius 3 is 2.90 bits per heavy atom. The topological polar surface area (TPSA) is 75.2 Å². The van der Waals surface area contributed by atoms with Gasteiger partial charge in [0.1, 0.15) is 5.82 Å². The van der Waals surface area contributed by atoms with Crippen LogP contribution in [0.15, 0.2) is 42.6 Å². The van der Waals surface area contributed by atoms with Crippen LogP contribution < -0.4 is 5.32 Å². The molecule has 0 unspecified atom stereocenters. The summed E-state index contributed by atoms with van der Waals surface area (Å²) < 4.78 is 1.24. The average molecular weight is 433 g/mol. The number of pyridine rings is 1. The van der Waals surface area contributed by atoms with Crippen molar-refractivity contribution >= 4 is 45.3 Å². The number of para-hydroxylation sites is 1. The van der Waals surface area contributed by atoms with E-state index in [1.54, 1.807) is 23.6 Å². The van der Waals surface area contributed by atoms with Crippen molar-refractivity contribution in [1.29, 1.82) is 0 Å². The van der Waals surface area contributed by atoms with Crippen LogP contribution in [-0.4, -0.2) is 39.8 Å². The molecule has 0 radical (unpaired) electrons. The fourth-order valence-electron chi connectivity index (χ4n) is 4.25. The maximum absolute atomic E-state index is 12.6. The molecule has 1 N–H and O–H groups in total. The average Bonchev–Trinajstić information content (AvgIpc) is 3.20. The number of hydrogen-bond donors (Lipinski definition) is 1. The highest BCUT2D eigenvalue weighted by Crippen LogP contribution is 2.28. The molecule has 1 saturated heterocycles. The van der Waals surface area contributed by atoms with Gasteiger partial charge in [-0.1, -0.05) is 12.1 Å². The normalized spacial score (nSPS) is 17.2. The van der Waals surface area contributed by atoms with Crippen LogP contribution in [0.3, 0.4) is 0 Å². The van der Waals surface area contributed by atoms with Crippen molar-refractivity contribution in [2.24, 2.45) is 5.92 Å². The van der Waals surface area contributed by atoms with Crippen molar-refractivity contribution < 1.29 is 9.59 Å². The maximum Gasteiger partial charge on any atom is 0.246 e. The number of hydrogen-bond acceptors (Lipinski definition) is 5. The third-order valence-corrected chi connectivity index (χ3v) is 7.07. The summed E-state index contributed by atoms with van der Waals surface area (Å²) in [5.74, 6) is 1.26. The van der Waals surface area contributed by atoms with Crippen molar-refractivity contribution in [3.63, 3.8) is 0 Å². The molecule has 31 heavy (non-hydrogen) atoms. The standard InChI is InChI=1S/C24H24N4O2S/c29-21-7-6-18-13-17(15-25-24(18)27-21)5-8-23(30)28-11-9-16(10-12-28)14-22-26-19-3-1-2-4-20(19)31-22/h1-5,8,13,15-16H,6-7,9-12,14H2,(H,25,27,29)/b8-5+.